The average molecular weight is 157 g/mol. The van der Waals surface area contributed by atoms with Crippen LogP contribution in [0, 0.1) is 11.8 Å². The van der Waals surface area contributed by atoms with E-state index in [0.717, 1.165) is 25.2 Å². The molecule has 0 radical (unpaired) electrons. The van der Waals surface area contributed by atoms with Crippen molar-refractivity contribution >= 4 is 0 Å². The highest BCUT2D eigenvalue weighted by atomic mass is 16.3. The number of hydrogen-bond donors (Lipinski definition) is 2. The SMILES string of the molecule is CC(C)[C@H]1CC[C@H](O)[C@H](N)C1. The molecule has 0 spiro atoms. The first kappa shape index (κ1) is 9.01. The number of hydrogen-bond acceptors (Lipinski definition) is 2. The number of aliphatic hydroxyl groups excluding tert-OH is 1. The molecule has 0 amide bonds. The van der Waals surface area contributed by atoms with Crippen molar-refractivity contribution in [2.75, 3.05) is 0 Å². The van der Waals surface area contributed by atoms with Gasteiger partial charge in [-0.15, -0.1) is 0 Å². The van der Waals surface area contributed by atoms with Gasteiger partial charge < -0.3 is 10.8 Å². The van der Waals surface area contributed by atoms with Gasteiger partial charge in [-0.05, 0) is 31.1 Å². The van der Waals surface area contributed by atoms with Crippen molar-refractivity contribution in [3.05, 3.63) is 0 Å². The summed E-state index contributed by atoms with van der Waals surface area (Å²) in [6, 6.07) is 0.0242. The lowest BCUT2D eigenvalue weighted by atomic mass is 9.78. The van der Waals surface area contributed by atoms with Gasteiger partial charge in [0.1, 0.15) is 0 Å². The first-order chi connectivity index (χ1) is 5.11. The topological polar surface area (TPSA) is 46.2 Å². The third-order valence-electron chi connectivity index (χ3n) is 2.85. The van der Waals surface area contributed by atoms with Crippen LogP contribution >= 0.6 is 0 Å². The van der Waals surface area contributed by atoms with Crippen LogP contribution in [0.5, 0.6) is 0 Å². The van der Waals surface area contributed by atoms with Gasteiger partial charge >= 0.3 is 0 Å². The van der Waals surface area contributed by atoms with E-state index < -0.39 is 0 Å². The summed E-state index contributed by atoms with van der Waals surface area (Å²) in [5.74, 6) is 1.45. The van der Waals surface area contributed by atoms with Gasteiger partial charge in [-0.1, -0.05) is 13.8 Å². The van der Waals surface area contributed by atoms with E-state index in [9.17, 15) is 5.11 Å². The fraction of sp³-hybridized carbons (Fsp3) is 1.00. The molecule has 1 saturated carbocycles. The van der Waals surface area contributed by atoms with Crippen molar-refractivity contribution in [3.8, 4) is 0 Å². The Morgan fingerprint density at radius 1 is 1.36 bits per heavy atom. The maximum atomic E-state index is 9.35. The largest absolute Gasteiger partial charge is 0.392 e. The second kappa shape index (κ2) is 3.55. The Balaban J connectivity index is 2.40. The van der Waals surface area contributed by atoms with Crippen LogP contribution in [-0.2, 0) is 0 Å². The molecule has 1 aliphatic carbocycles. The highest BCUT2D eigenvalue weighted by Crippen LogP contribution is 2.29. The second-order valence-electron chi connectivity index (χ2n) is 4.05. The average Bonchev–Trinajstić information content (AvgIpc) is 1.94. The molecule has 1 rings (SSSR count). The summed E-state index contributed by atoms with van der Waals surface area (Å²) < 4.78 is 0. The number of rotatable bonds is 1. The van der Waals surface area contributed by atoms with E-state index in [1.54, 1.807) is 0 Å². The standard InChI is InChI=1S/C9H19NO/c1-6(2)7-3-4-9(11)8(10)5-7/h6-9,11H,3-5,10H2,1-2H3/t7-,8+,9-/m0/s1. The Morgan fingerprint density at radius 3 is 2.45 bits per heavy atom. The zero-order valence-corrected chi connectivity index (χ0v) is 7.46. The van der Waals surface area contributed by atoms with Crippen molar-refractivity contribution in [1.29, 1.82) is 0 Å². The lowest BCUT2D eigenvalue weighted by Crippen LogP contribution is -2.41. The molecule has 0 aromatic heterocycles. The third kappa shape index (κ3) is 2.17. The molecule has 3 N–H and O–H groups in total. The molecule has 0 bridgehead atoms. The molecule has 0 saturated heterocycles. The highest BCUT2D eigenvalue weighted by Gasteiger charge is 2.27. The second-order valence-corrected chi connectivity index (χ2v) is 4.05. The van der Waals surface area contributed by atoms with Crippen LogP contribution in [0.15, 0.2) is 0 Å². The van der Waals surface area contributed by atoms with Crippen LogP contribution in [-0.4, -0.2) is 17.3 Å². The summed E-state index contributed by atoms with van der Waals surface area (Å²) in [5, 5.41) is 9.35. The first-order valence-corrected chi connectivity index (χ1v) is 4.55. The highest BCUT2D eigenvalue weighted by molar-refractivity contribution is 4.83. The van der Waals surface area contributed by atoms with Gasteiger partial charge in [0.15, 0.2) is 0 Å². The lowest BCUT2D eigenvalue weighted by Gasteiger charge is -2.32. The van der Waals surface area contributed by atoms with Gasteiger partial charge in [-0.3, -0.25) is 0 Å². The number of nitrogens with two attached hydrogens (primary N) is 1. The third-order valence-corrected chi connectivity index (χ3v) is 2.85. The van der Waals surface area contributed by atoms with Crippen molar-refractivity contribution in [3.63, 3.8) is 0 Å². The smallest absolute Gasteiger partial charge is 0.0691 e. The molecular formula is C9H19NO. The van der Waals surface area contributed by atoms with Crippen LogP contribution < -0.4 is 5.73 Å². The van der Waals surface area contributed by atoms with Crippen LogP contribution in [0.3, 0.4) is 0 Å². The molecule has 11 heavy (non-hydrogen) atoms. The molecule has 0 aliphatic heterocycles. The van der Waals surface area contributed by atoms with Crippen molar-refractivity contribution in [2.45, 2.75) is 45.3 Å². The van der Waals surface area contributed by atoms with E-state index in [-0.39, 0.29) is 12.1 Å². The van der Waals surface area contributed by atoms with E-state index in [4.69, 9.17) is 5.73 Å². The van der Waals surface area contributed by atoms with E-state index in [1.165, 1.54) is 0 Å². The molecule has 2 heteroatoms. The van der Waals surface area contributed by atoms with Crippen molar-refractivity contribution < 1.29 is 5.11 Å². The summed E-state index contributed by atoms with van der Waals surface area (Å²) in [6.45, 7) is 4.46. The van der Waals surface area contributed by atoms with E-state index in [1.807, 2.05) is 0 Å². The number of aliphatic hydroxyl groups is 1. The molecular weight excluding hydrogens is 138 g/mol. The van der Waals surface area contributed by atoms with Crippen molar-refractivity contribution in [1.82, 2.24) is 0 Å². The van der Waals surface area contributed by atoms with E-state index in [0.29, 0.717) is 5.92 Å². The molecule has 0 aromatic rings. The van der Waals surface area contributed by atoms with Crippen molar-refractivity contribution in [2.24, 2.45) is 17.6 Å². The Labute approximate surface area is 68.8 Å². The fourth-order valence-corrected chi connectivity index (χ4v) is 1.83. The summed E-state index contributed by atoms with van der Waals surface area (Å²) in [6.07, 6.45) is 2.79. The molecule has 0 heterocycles. The molecule has 1 aliphatic rings. The molecule has 0 aromatic carbocycles. The zero-order valence-electron chi connectivity index (χ0n) is 7.46. The fourth-order valence-electron chi connectivity index (χ4n) is 1.83. The zero-order chi connectivity index (χ0) is 8.43. The van der Waals surface area contributed by atoms with Gasteiger partial charge in [0.2, 0.25) is 0 Å². The van der Waals surface area contributed by atoms with Gasteiger partial charge in [0.05, 0.1) is 6.10 Å². The maximum Gasteiger partial charge on any atom is 0.0691 e. The first-order valence-electron chi connectivity index (χ1n) is 4.55. The van der Waals surface area contributed by atoms with E-state index in [2.05, 4.69) is 13.8 Å². The maximum absolute atomic E-state index is 9.35. The Kier molecular flexibility index (Phi) is 2.90. The summed E-state index contributed by atoms with van der Waals surface area (Å²) >= 11 is 0. The summed E-state index contributed by atoms with van der Waals surface area (Å²) in [7, 11) is 0. The quantitative estimate of drug-likeness (QED) is 0.599. The molecule has 1 fully saturated rings. The van der Waals surface area contributed by atoms with Gasteiger partial charge in [0.25, 0.3) is 0 Å². The van der Waals surface area contributed by atoms with Crippen LogP contribution in [0.25, 0.3) is 0 Å². The molecule has 0 unspecified atom stereocenters. The Hall–Kier alpha value is -0.0800. The predicted octanol–water partition coefficient (Wildman–Crippen LogP) is 1.13. The van der Waals surface area contributed by atoms with Crippen LogP contribution in [0.4, 0.5) is 0 Å². The Morgan fingerprint density at radius 2 is 2.00 bits per heavy atom. The minimum Gasteiger partial charge on any atom is -0.392 e. The summed E-state index contributed by atoms with van der Waals surface area (Å²) in [4.78, 5) is 0. The van der Waals surface area contributed by atoms with Gasteiger partial charge in [0, 0.05) is 6.04 Å². The van der Waals surface area contributed by atoms with Crippen LogP contribution in [0.2, 0.25) is 0 Å². The summed E-state index contributed by atoms with van der Waals surface area (Å²) in [5.41, 5.74) is 5.76. The minimum atomic E-state index is -0.245. The van der Waals surface area contributed by atoms with E-state index >= 15 is 0 Å². The monoisotopic (exact) mass is 157 g/mol. The normalized spacial score (nSPS) is 39.5. The minimum absolute atomic E-state index is 0.0242. The predicted molar refractivity (Wildman–Crippen MR) is 46.2 cm³/mol. The molecule has 66 valence electrons. The van der Waals surface area contributed by atoms with Crippen LogP contribution in [0.1, 0.15) is 33.1 Å². The molecule has 2 nitrogen and oxygen atoms in total. The lowest BCUT2D eigenvalue weighted by molar-refractivity contribution is 0.0752. The van der Waals surface area contributed by atoms with Gasteiger partial charge in [-0.25, -0.2) is 0 Å². The molecule has 3 atom stereocenters. The Bertz CT molecular complexity index is 125. The van der Waals surface area contributed by atoms with Gasteiger partial charge in [-0.2, -0.15) is 0 Å².